The molecule has 1 aliphatic carbocycles. The van der Waals surface area contributed by atoms with Gasteiger partial charge in [-0.05, 0) is 18.8 Å². The standard InChI is InChI=1S/C11H18O3/c1-7(14-4)9(12)5-10(13)8-6-11(8,2)3/h7-8H,5-6H2,1-4H3. The van der Waals surface area contributed by atoms with E-state index in [1.54, 1.807) is 6.92 Å². The fourth-order valence-corrected chi connectivity index (χ4v) is 1.59. The normalized spacial score (nSPS) is 25.6. The monoisotopic (exact) mass is 198 g/mol. The average molecular weight is 198 g/mol. The lowest BCUT2D eigenvalue weighted by molar-refractivity contribution is -0.133. The minimum absolute atomic E-state index is 0.0309. The minimum atomic E-state index is -0.458. The van der Waals surface area contributed by atoms with Gasteiger partial charge in [0.05, 0.1) is 6.42 Å². The second kappa shape index (κ2) is 3.81. The zero-order valence-corrected chi connectivity index (χ0v) is 9.29. The van der Waals surface area contributed by atoms with Crippen molar-refractivity contribution in [1.82, 2.24) is 0 Å². The smallest absolute Gasteiger partial charge is 0.168 e. The summed E-state index contributed by atoms with van der Waals surface area (Å²) in [4.78, 5) is 23.0. The molecule has 1 rings (SSSR count). The third-order valence-corrected chi connectivity index (χ3v) is 3.06. The largest absolute Gasteiger partial charge is 0.374 e. The van der Waals surface area contributed by atoms with E-state index >= 15 is 0 Å². The highest BCUT2D eigenvalue weighted by Gasteiger charge is 2.50. The van der Waals surface area contributed by atoms with Crippen LogP contribution in [-0.2, 0) is 14.3 Å². The first-order valence-corrected chi connectivity index (χ1v) is 4.96. The van der Waals surface area contributed by atoms with Gasteiger partial charge in [0.1, 0.15) is 11.9 Å². The molecule has 3 nitrogen and oxygen atoms in total. The molecule has 0 amide bonds. The summed E-state index contributed by atoms with van der Waals surface area (Å²) in [6.07, 6.45) is 0.490. The summed E-state index contributed by atoms with van der Waals surface area (Å²) in [6.45, 7) is 5.78. The Morgan fingerprint density at radius 2 is 2.00 bits per heavy atom. The molecular weight excluding hydrogens is 180 g/mol. The molecule has 0 aromatic carbocycles. The molecule has 0 radical (unpaired) electrons. The number of ketones is 2. The van der Waals surface area contributed by atoms with Gasteiger partial charge in [-0.25, -0.2) is 0 Å². The minimum Gasteiger partial charge on any atom is -0.374 e. The van der Waals surface area contributed by atoms with Gasteiger partial charge in [-0.3, -0.25) is 9.59 Å². The molecule has 0 heterocycles. The molecule has 0 bridgehead atoms. The molecule has 0 spiro atoms. The van der Waals surface area contributed by atoms with Crippen molar-refractivity contribution in [3.05, 3.63) is 0 Å². The van der Waals surface area contributed by atoms with E-state index < -0.39 is 6.10 Å². The van der Waals surface area contributed by atoms with Crippen molar-refractivity contribution in [2.24, 2.45) is 11.3 Å². The summed E-state index contributed by atoms with van der Waals surface area (Å²) < 4.78 is 4.86. The van der Waals surface area contributed by atoms with E-state index in [1.807, 2.05) is 0 Å². The summed E-state index contributed by atoms with van der Waals surface area (Å²) in [5.74, 6) is 0.0552. The lowest BCUT2D eigenvalue weighted by Crippen LogP contribution is -2.23. The van der Waals surface area contributed by atoms with Crippen LogP contribution in [0.25, 0.3) is 0 Å². The molecular formula is C11H18O3. The zero-order valence-electron chi connectivity index (χ0n) is 9.29. The van der Waals surface area contributed by atoms with Gasteiger partial charge in [0.15, 0.2) is 5.78 Å². The van der Waals surface area contributed by atoms with Crippen LogP contribution in [-0.4, -0.2) is 24.8 Å². The quantitative estimate of drug-likeness (QED) is 0.630. The van der Waals surface area contributed by atoms with E-state index in [0.717, 1.165) is 6.42 Å². The zero-order chi connectivity index (χ0) is 10.9. The van der Waals surface area contributed by atoms with Gasteiger partial charge >= 0.3 is 0 Å². The summed E-state index contributed by atoms with van der Waals surface area (Å²) in [6, 6.07) is 0. The summed E-state index contributed by atoms with van der Waals surface area (Å²) in [7, 11) is 1.48. The van der Waals surface area contributed by atoms with Crippen molar-refractivity contribution >= 4 is 11.6 Å². The molecule has 1 aliphatic rings. The number of hydrogen-bond acceptors (Lipinski definition) is 3. The maximum atomic E-state index is 11.6. The Morgan fingerprint density at radius 3 is 2.36 bits per heavy atom. The van der Waals surface area contributed by atoms with Crippen LogP contribution < -0.4 is 0 Å². The topological polar surface area (TPSA) is 43.4 Å². The molecule has 1 saturated carbocycles. The summed E-state index contributed by atoms with van der Waals surface area (Å²) in [5, 5.41) is 0. The van der Waals surface area contributed by atoms with E-state index in [0.29, 0.717) is 0 Å². The van der Waals surface area contributed by atoms with Crippen LogP contribution in [0.4, 0.5) is 0 Å². The third-order valence-electron chi connectivity index (χ3n) is 3.06. The summed E-state index contributed by atoms with van der Waals surface area (Å²) >= 11 is 0. The Bertz CT molecular complexity index is 255. The SMILES string of the molecule is COC(C)C(=O)CC(=O)C1CC1(C)C. The number of rotatable bonds is 5. The Kier molecular flexibility index (Phi) is 3.10. The molecule has 0 N–H and O–H groups in total. The van der Waals surface area contributed by atoms with Gasteiger partial charge in [0.25, 0.3) is 0 Å². The number of ether oxygens (including phenoxy) is 1. The third kappa shape index (κ3) is 2.41. The predicted molar refractivity (Wildman–Crippen MR) is 53.0 cm³/mol. The van der Waals surface area contributed by atoms with Gasteiger partial charge in [-0.15, -0.1) is 0 Å². The number of carbonyl (C=O) groups is 2. The van der Waals surface area contributed by atoms with E-state index in [9.17, 15) is 9.59 Å². The maximum Gasteiger partial charge on any atom is 0.168 e. The first-order valence-electron chi connectivity index (χ1n) is 4.96. The lowest BCUT2D eigenvalue weighted by Gasteiger charge is -2.07. The van der Waals surface area contributed by atoms with Gasteiger partial charge in [0.2, 0.25) is 0 Å². The molecule has 14 heavy (non-hydrogen) atoms. The van der Waals surface area contributed by atoms with Crippen molar-refractivity contribution in [3.8, 4) is 0 Å². The van der Waals surface area contributed by atoms with E-state index in [-0.39, 0.29) is 29.3 Å². The fourth-order valence-electron chi connectivity index (χ4n) is 1.59. The van der Waals surface area contributed by atoms with E-state index in [4.69, 9.17) is 4.74 Å². The van der Waals surface area contributed by atoms with Crippen LogP contribution in [0.5, 0.6) is 0 Å². The Hall–Kier alpha value is -0.700. The second-order valence-electron chi connectivity index (χ2n) is 4.73. The highest BCUT2D eigenvalue weighted by atomic mass is 16.5. The summed E-state index contributed by atoms with van der Waals surface area (Å²) in [5.41, 5.74) is 0.119. The lowest BCUT2D eigenvalue weighted by atomic mass is 10.0. The molecule has 1 fully saturated rings. The van der Waals surface area contributed by atoms with Crippen LogP contribution in [0.3, 0.4) is 0 Å². The van der Waals surface area contributed by atoms with Crippen molar-refractivity contribution in [2.45, 2.75) is 39.7 Å². The highest BCUT2D eigenvalue weighted by Crippen LogP contribution is 2.52. The molecule has 2 unspecified atom stereocenters. The van der Waals surface area contributed by atoms with Crippen molar-refractivity contribution in [2.75, 3.05) is 7.11 Å². The van der Waals surface area contributed by atoms with Crippen LogP contribution in [0.15, 0.2) is 0 Å². The second-order valence-corrected chi connectivity index (χ2v) is 4.73. The first kappa shape index (κ1) is 11.4. The van der Waals surface area contributed by atoms with Crippen molar-refractivity contribution < 1.29 is 14.3 Å². The van der Waals surface area contributed by atoms with E-state index in [2.05, 4.69) is 13.8 Å². The molecule has 80 valence electrons. The average Bonchev–Trinajstić information content (AvgIpc) is 2.73. The number of methoxy groups -OCH3 is 1. The van der Waals surface area contributed by atoms with Crippen molar-refractivity contribution in [1.29, 1.82) is 0 Å². The van der Waals surface area contributed by atoms with E-state index in [1.165, 1.54) is 7.11 Å². The van der Waals surface area contributed by atoms with Gasteiger partial charge in [-0.2, -0.15) is 0 Å². The van der Waals surface area contributed by atoms with Gasteiger partial charge in [-0.1, -0.05) is 13.8 Å². The van der Waals surface area contributed by atoms with Crippen LogP contribution in [0.2, 0.25) is 0 Å². The Balaban J connectivity index is 2.39. The fraction of sp³-hybridized carbons (Fsp3) is 0.818. The number of Topliss-reactive ketones (excluding diaryl/α,β-unsaturated/α-hetero) is 2. The molecule has 0 saturated heterocycles. The number of carbonyl (C=O) groups excluding carboxylic acids is 2. The Morgan fingerprint density at radius 1 is 1.50 bits per heavy atom. The molecule has 0 aliphatic heterocycles. The van der Waals surface area contributed by atoms with Crippen LogP contribution >= 0.6 is 0 Å². The van der Waals surface area contributed by atoms with Crippen molar-refractivity contribution in [3.63, 3.8) is 0 Å². The van der Waals surface area contributed by atoms with Gasteiger partial charge < -0.3 is 4.74 Å². The molecule has 0 aromatic rings. The first-order chi connectivity index (χ1) is 6.38. The Labute approximate surface area is 84.8 Å². The van der Waals surface area contributed by atoms with Crippen LogP contribution in [0.1, 0.15) is 33.6 Å². The maximum absolute atomic E-state index is 11.6. The molecule has 3 heteroatoms. The van der Waals surface area contributed by atoms with Crippen LogP contribution in [0, 0.1) is 11.3 Å². The number of hydrogen-bond donors (Lipinski definition) is 0. The highest BCUT2D eigenvalue weighted by molar-refractivity contribution is 6.03. The predicted octanol–water partition coefficient (Wildman–Crippen LogP) is 1.60. The molecule has 0 aromatic heterocycles. The van der Waals surface area contributed by atoms with Gasteiger partial charge in [0, 0.05) is 13.0 Å². The molecule has 2 atom stereocenters.